The highest BCUT2D eigenvalue weighted by molar-refractivity contribution is 7.79. The number of hydrogen-bond donors (Lipinski definition) is 1. The van der Waals surface area contributed by atoms with Crippen molar-refractivity contribution in [2.75, 3.05) is 5.32 Å². The van der Waals surface area contributed by atoms with Crippen molar-refractivity contribution in [3.8, 4) is 5.69 Å². The largest absolute Gasteiger partial charge is 0.768 e. The van der Waals surface area contributed by atoms with E-state index in [1.807, 2.05) is 0 Å². The van der Waals surface area contributed by atoms with Gasteiger partial charge in [-0.05, 0) is 47.3 Å². The third-order valence-electron chi connectivity index (χ3n) is 4.36. The van der Waals surface area contributed by atoms with Crippen LogP contribution in [0.2, 0.25) is 0 Å². The van der Waals surface area contributed by atoms with Crippen molar-refractivity contribution >= 4 is 22.7 Å². The number of anilines is 1. The van der Waals surface area contributed by atoms with Gasteiger partial charge in [-0.2, -0.15) is 8.78 Å². The van der Waals surface area contributed by atoms with E-state index >= 15 is 0 Å². The van der Waals surface area contributed by atoms with Crippen LogP contribution in [0.4, 0.5) is 18.9 Å². The molecule has 1 heterocycles. The van der Waals surface area contributed by atoms with Crippen LogP contribution in [0.25, 0.3) is 5.69 Å². The molecule has 31 heavy (non-hydrogen) atoms. The molecule has 0 aliphatic rings. The lowest BCUT2D eigenvalue weighted by Crippen LogP contribution is -2.15. The molecule has 7 nitrogen and oxygen atoms in total. The molecule has 0 aliphatic carbocycles. The Morgan fingerprint density at radius 2 is 1.94 bits per heavy atom. The van der Waals surface area contributed by atoms with Gasteiger partial charge in [-0.25, -0.2) is 14.1 Å². The Labute approximate surface area is 178 Å². The van der Waals surface area contributed by atoms with Crippen LogP contribution in [0.5, 0.6) is 0 Å². The molecule has 2 aromatic carbocycles. The maximum Gasteiger partial charge on any atom is 0.305 e. The van der Waals surface area contributed by atoms with Gasteiger partial charge < -0.3 is 9.87 Å². The van der Waals surface area contributed by atoms with Gasteiger partial charge in [-0.1, -0.05) is 24.3 Å². The van der Waals surface area contributed by atoms with Crippen LogP contribution in [-0.2, 0) is 28.2 Å². The number of carbonyl (C=O) groups excluding carboxylic acids is 1. The zero-order valence-electron chi connectivity index (χ0n) is 16.5. The first kappa shape index (κ1) is 22.6. The second-order valence-electron chi connectivity index (χ2n) is 6.90. The summed E-state index contributed by atoms with van der Waals surface area (Å²) >= 11 is -2.74. The number of halogens is 3. The first-order valence-corrected chi connectivity index (χ1v) is 10.2. The molecule has 0 saturated carbocycles. The minimum Gasteiger partial charge on any atom is -0.768 e. The maximum absolute atomic E-state index is 13.4. The lowest BCUT2D eigenvalue weighted by atomic mass is 10.1. The van der Waals surface area contributed by atoms with E-state index in [1.54, 1.807) is 24.3 Å². The molecule has 11 heteroatoms. The molecule has 2 atom stereocenters. The van der Waals surface area contributed by atoms with Crippen molar-refractivity contribution in [2.45, 2.75) is 37.3 Å². The molecular formula is C20H18F3N4O3S-. The summed E-state index contributed by atoms with van der Waals surface area (Å²) in [6.07, 6.45) is -0.132. The lowest BCUT2D eigenvalue weighted by Gasteiger charge is -2.14. The molecule has 1 aromatic heterocycles. The molecule has 164 valence electrons. The van der Waals surface area contributed by atoms with Crippen molar-refractivity contribution in [1.29, 1.82) is 0 Å². The van der Waals surface area contributed by atoms with Crippen molar-refractivity contribution in [2.24, 2.45) is 0 Å². The Hall–Kier alpha value is -3.05. The summed E-state index contributed by atoms with van der Waals surface area (Å²) in [5.74, 6) is -4.44. The fraction of sp³-hybridized carbons (Fsp3) is 0.250. The van der Waals surface area contributed by atoms with E-state index in [4.69, 9.17) is 0 Å². The number of aromatic nitrogens is 3. The lowest BCUT2D eigenvalue weighted by molar-refractivity contribution is -0.115. The minimum absolute atomic E-state index is 0.00346. The number of rotatable bonds is 7. The molecule has 1 N–H and O–H groups in total. The van der Waals surface area contributed by atoms with Gasteiger partial charge in [0.2, 0.25) is 11.7 Å². The van der Waals surface area contributed by atoms with Gasteiger partial charge in [0.05, 0.1) is 17.0 Å². The van der Waals surface area contributed by atoms with Crippen LogP contribution < -0.4 is 5.32 Å². The van der Waals surface area contributed by atoms with E-state index in [1.165, 1.54) is 25.1 Å². The average Bonchev–Trinajstić information content (AvgIpc) is 3.18. The summed E-state index contributed by atoms with van der Waals surface area (Å²) in [7, 11) is 0. The molecule has 0 fully saturated rings. The third kappa shape index (κ3) is 5.56. The van der Waals surface area contributed by atoms with E-state index in [0.717, 1.165) is 11.0 Å². The van der Waals surface area contributed by atoms with Gasteiger partial charge in [0.25, 0.3) is 0 Å². The fourth-order valence-electron chi connectivity index (χ4n) is 2.79. The molecule has 0 bridgehead atoms. The first-order valence-electron chi connectivity index (χ1n) is 9.11. The number of benzene rings is 2. The van der Waals surface area contributed by atoms with Crippen LogP contribution >= 0.6 is 0 Å². The summed E-state index contributed by atoms with van der Waals surface area (Å²) in [6, 6.07) is 10.4. The van der Waals surface area contributed by atoms with Gasteiger partial charge >= 0.3 is 5.92 Å². The number of alkyl halides is 3. The third-order valence-corrected chi connectivity index (χ3v) is 5.04. The summed E-state index contributed by atoms with van der Waals surface area (Å²) in [5, 5.41) is 6.21. The number of amides is 1. The SMILES string of the molecule is CC(F)c1ccc(CC(=O)Nc2ccc(-n3cnc(C(C)(F)F)n3)c(S(=O)[O-])c2)cc1. The predicted molar refractivity (Wildman–Crippen MR) is 106 cm³/mol. The average molecular weight is 451 g/mol. The van der Waals surface area contributed by atoms with E-state index in [0.29, 0.717) is 18.1 Å². The molecule has 3 aromatic rings. The minimum atomic E-state index is -3.28. The Morgan fingerprint density at radius 1 is 1.26 bits per heavy atom. The predicted octanol–water partition coefficient (Wildman–Crippen LogP) is 3.83. The van der Waals surface area contributed by atoms with Crippen LogP contribution in [0.1, 0.15) is 37.0 Å². The number of nitrogens with one attached hydrogen (secondary N) is 1. The van der Waals surface area contributed by atoms with Crippen LogP contribution in [0.15, 0.2) is 53.7 Å². The van der Waals surface area contributed by atoms with E-state index in [9.17, 15) is 26.7 Å². The number of carbonyl (C=O) groups is 1. The van der Waals surface area contributed by atoms with Crippen LogP contribution in [0.3, 0.4) is 0 Å². The topological polar surface area (TPSA) is 99.9 Å². The number of nitrogens with zero attached hydrogens (tertiary/aromatic N) is 3. The maximum atomic E-state index is 13.4. The standard InChI is InChI=1S/C20H19F3N4O3S/c1-12(21)14-5-3-13(4-6-14)9-18(28)25-15-7-8-16(17(10-15)31(29)30)27-11-24-19(26-27)20(2,22)23/h3-8,10-12H,9H2,1-2H3,(H,25,28)(H,29,30)/p-1. The van der Waals surface area contributed by atoms with Crippen LogP contribution in [0, 0.1) is 0 Å². The van der Waals surface area contributed by atoms with Crippen molar-refractivity contribution in [3.05, 3.63) is 65.7 Å². The Balaban J connectivity index is 1.78. The second kappa shape index (κ2) is 8.98. The van der Waals surface area contributed by atoms with Gasteiger partial charge in [-0.15, -0.1) is 5.10 Å². The molecule has 0 aliphatic heterocycles. The fourth-order valence-corrected chi connectivity index (χ4v) is 3.34. The normalized spacial score (nSPS) is 13.6. The molecule has 2 unspecified atom stereocenters. The van der Waals surface area contributed by atoms with Gasteiger partial charge in [0.15, 0.2) is 0 Å². The summed E-state index contributed by atoms with van der Waals surface area (Å²) in [4.78, 5) is 15.6. The monoisotopic (exact) mass is 451 g/mol. The van der Waals surface area contributed by atoms with Gasteiger partial charge in [0, 0.05) is 12.6 Å². The van der Waals surface area contributed by atoms with Gasteiger partial charge in [0.1, 0.15) is 12.5 Å². The highest BCUT2D eigenvalue weighted by Gasteiger charge is 2.29. The Bertz CT molecular complexity index is 1110. The molecular weight excluding hydrogens is 433 g/mol. The molecule has 0 radical (unpaired) electrons. The molecule has 3 rings (SSSR count). The highest BCUT2D eigenvalue weighted by Crippen LogP contribution is 2.26. The van der Waals surface area contributed by atoms with Gasteiger partial charge in [-0.3, -0.25) is 9.00 Å². The molecule has 1 amide bonds. The van der Waals surface area contributed by atoms with Crippen molar-refractivity contribution in [1.82, 2.24) is 14.8 Å². The van der Waals surface area contributed by atoms with Crippen molar-refractivity contribution in [3.63, 3.8) is 0 Å². The zero-order chi connectivity index (χ0) is 22.8. The number of hydrogen-bond acceptors (Lipinski definition) is 5. The van der Waals surface area contributed by atoms with Crippen LogP contribution in [-0.4, -0.2) is 29.4 Å². The highest BCUT2D eigenvalue weighted by atomic mass is 32.2. The quantitative estimate of drug-likeness (QED) is 0.551. The van der Waals surface area contributed by atoms with Crippen molar-refractivity contribution < 1.29 is 26.7 Å². The Kier molecular flexibility index (Phi) is 6.56. The zero-order valence-corrected chi connectivity index (χ0v) is 17.3. The summed E-state index contributed by atoms with van der Waals surface area (Å²) < 4.78 is 64.2. The van der Waals surface area contributed by atoms with E-state index in [2.05, 4.69) is 15.4 Å². The Morgan fingerprint density at radius 3 is 2.48 bits per heavy atom. The summed E-state index contributed by atoms with van der Waals surface area (Å²) in [5.41, 5.74) is 1.36. The van der Waals surface area contributed by atoms with E-state index < -0.39 is 34.9 Å². The second-order valence-corrected chi connectivity index (χ2v) is 7.81. The smallest absolute Gasteiger partial charge is 0.305 e. The molecule has 0 saturated heterocycles. The van der Waals surface area contributed by atoms with E-state index in [-0.39, 0.29) is 22.7 Å². The summed E-state index contributed by atoms with van der Waals surface area (Å²) in [6.45, 7) is 2.04. The molecule has 0 spiro atoms. The first-order chi connectivity index (χ1) is 14.5.